The van der Waals surface area contributed by atoms with E-state index in [0.29, 0.717) is 17.0 Å². The third-order valence-electron chi connectivity index (χ3n) is 3.39. The zero-order valence-corrected chi connectivity index (χ0v) is 14.1. The third kappa shape index (κ3) is 3.76. The first-order valence-electron chi connectivity index (χ1n) is 6.50. The largest absolute Gasteiger partial charge is 0.496 e. The van der Waals surface area contributed by atoms with Crippen molar-refractivity contribution in [3.05, 3.63) is 62.8 Å². The lowest BCUT2D eigenvalue weighted by atomic mass is 9.98. The summed E-state index contributed by atoms with van der Waals surface area (Å²) in [5, 5.41) is 3.63. The van der Waals surface area contributed by atoms with Crippen molar-refractivity contribution < 1.29 is 9.13 Å². The molecule has 0 aliphatic rings. The van der Waals surface area contributed by atoms with Crippen LogP contribution < -0.4 is 10.1 Å². The first-order chi connectivity index (χ1) is 10.1. The molecule has 0 aromatic heterocycles. The summed E-state index contributed by atoms with van der Waals surface area (Å²) in [4.78, 5) is 0. The molecule has 21 heavy (non-hydrogen) atoms. The topological polar surface area (TPSA) is 21.3 Å². The summed E-state index contributed by atoms with van der Waals surface area (Å²) in [6.07, 6.45) is 0.444. The predicted molar refractivity (Wildman–Crippen MR) is 87.6 cm³/mol. The van der Waals surface area contributed by atoms with Gasteiger partial charge in [0, 0.05) is 26.7 Å². The van der Waals surface area contributed by atoms with Crippen LogP contribution in [0, 0.1) is 5.82 Å². The van der Waals surface area contributed by atoms with Crippen molar-refractivity contribution in [2.45, 2.75) is 12.5 Å². The van der Waals surface area contributed by atoms with E-state index in [1.54, 1.807) is 19.2 Å². The van der Waals surface area contributed by atoms with Crippen LogP contribution >= 0.6 is 27.5 Å². The highest BCUT2D eigenvalue weighted by Gasteiger charge is 2.18. The molecular weight excluding hydrogens is 357 g/mol. The molecule has 2 aromatic carbocycles. The first kappa shape index (κ1) is 16.3. The first-order valence-corrected chi connectivity index (χ1v) is 7.67. The summed E-state index contributed by atoms with van der Waals surface area (Å²) in [6, 6.07) is 10.4. The zero-order chi connectivity index (χ0) is 15.4. The number of halogens is 3. The van der Waals surface area contributed by atoms with Crippen LogP contribution in [-0.4, -0.2) is 14.2 Å². The van der Waals surface area contributed by atoms with E-state index in [1.807, 2.05) is 25.2 Å². The van der Waals surface area contributed by atoms with Crippen molar-refractivity contribution in [1.82, 2.24) is 5.32 Å². The maximum atomic E-state index is 14.0. The molecule has 0 fully saturated rings. The van der Waals surface area contributed by atoms with E-state index in [2.05, 4.69) is 21.2 Å². The summed E-state index contributed by atoms with van der Waals surface area (Å²) in [6.45, 7) is 0. The standard InChI is InChI=1S/C16H16BrClFNO/c1-20-15(9-12-13(18)4-3-5-14(12)19)11-7-6-10(17)8-16(11)21-2/h3-8,15,20H,9H2,1-2H3. The second-order valence-corrected chi connectivity index (χ2v) is 5.95. The Balaban J connectivity index is 2.37. The number of likely N-dealkylation sites (N-methyl/N-ethyl adjacent to an activating group) is 1. The lowest BCUT2D eigenvalue weighted by Gasteiger charge is -2.20. The quantitative estimate of drug-likeness (QED) is 0.817. The predicted octanol–water partition coefficient (Wildman–Crippen LogP) is 4.75. The van der Waals surface area contributed by atoms with E-state index in [1.165, 1.54) is 6.07 Å². The highest BCUT2D eigenvalue weighted by atomic mass is 79.9. The van der Waals surface area contributed by atoms with Gasteiger partial charge in [-0.05, 0) is 37.7 Å². The molecule has 0 radical (unpaired) electrons. The van der Waals surface area contributed by atoms with Crippen molar-refractivity contribution in [3.8, 4) is 5.75 Å². The number of benzene rings is 2. The van der Waals surface area contributed by atoms with Gasteiger partial charge in [0.25, 0.3) is 0 Å². The van der Waals surface area contributed by atoms with Crippen molar-refractivity contribution in [3.63, 3.8) is 0 Å². The molecule has 112 valence electrons. The molecular formula is C16H16BrClFNO. The molecule has 0 amide bonds. The molecule has 0 bridgehead atoms. The molecule has 0 spiro atoms. The minimum absolute atomic E-state index is 0.0950. The minimum Gasteiger partial charge on any atom is -0.496 e. The van der Waals surface area contributed by atoms with E-state index >= 15 is 0 Å². The fourth-order valence-corrected chi connectivity index (χ4v) is 2.85. The van der Waals surface area contributed by atoms with E-state index in [0.717, 1.165) is 15.8 Å². The van der Waals surface area contributed by atoms with Gasteiger partial charge >= 0.3 is 0 Å². The molecule has 5 heteroatoms. The fourth-order valence-electron chi connectivity index (χ4n) is 2.27. The minimum atomic E-state index is -0.293. The molecule has 2 aromatic rings. The highest BCUT2D eigenvalue weighted by molar-refractivity contribution is 9.10. The summed E-state index contributed by atoms with van der Waals surface area (Å²) in [5.74, 6) is 0.454. The molecule has 0 heterocycles. The van der Waals surface area contributed by atoms with E-state index < -0.39 is 0 Å². The van der Waals surface area contributed by atoms with Crippen molar-refractivity contribution in [2.24, 2.45) is 0 Å². The van der Waals surface area contributed by atoms with E-state index in [-0.39, 0.29) is 11.9 Å². The van der Waals surface area contributed by atoms with Crippen molar-refractivity contribution in [1.29, 1.82) is 0 Å². The third-order valence-corrected chi connectivity index (χ3v) is 4.24. The molecule has 0 aliphatic heterocycles. The number of hydrogen-bond acceptors (Lipinski definition) is 2. The Morgan fingerprint density at radius 3 is 2.71 bits per heavy atom. The maximum absolute atomic E-state index is 14.0. The Morgan fingerprint density at radius 2 is 2.10 bits per heavy atom. The maximum Gasteiger partial charge on any atom is 0.127 e. The second-order valence-electron chi connectivity index (χ2n) is 4.63. The van der Waals surface area contributed by atoms with Gasteiger partial charge < -0.3 is 10.1 Å². The Labute approximate surface area is 137 Å². The van der Waals surface area contributed by atoms with Gasteiger partial charge in [-0.2, -0.15) is 0 Å². The summed E-state index contributed by atoms with van der Waals surface area (Å²) in [7, 11) is 3.45. The SMILES string of the molecule is CNC(Cc1c(F)cccc1Cl)c1ccc(Br)cc1OC. The van der Waals surface area contributed by atoms with Crippen molar-refractivity contribution >= 4 is 27.5 Å². The van der Waals surface area contributed by atoms with Gasteiger partial charge in [-0.3, -0.25) is 0 Å². The molecule has 1 unspecified atom stereocenters. The molecule has 2 rings (SSSR count). The Hall–Kier alpha value is -1.10. The van der Waals surface area contributed by atoms with Crippen molar-refractivity contribution in [2.75, 3.05) is 14.2 Å². The van der Waals surface area contributed by atoms with Crippen LogP contribution in [0.1, 0.15) is 17.2 Å². The normalized spacial score (nSPS) is 12.2. The Kier molecular flexibility index (Phi) is 5.62. The fraction of sp³-hybridized carbons (Fsp3) is 0.250. The average Bonchev–Trinajstić information content (AvgIpc) is 2.47. The van der Waals surface area contributed by atoms with Crippen LogP contribution in [-0.2, 0) is 6.42 Å². The van der Waals surface area contributed by atoms with E-state index in [9.17, 15) is 4.39 Å². The molecule has 0 saturated heterocycles. The average molecular weight is 373 g/mol. The summed E-state index contributed by atoms with van der Waals surface area (Å²) in [5.41, 5.74) is 1.46. The Morgan fingerprint density at radius 1 is 1.33 bits per heavy atom. The van der Waals surface area contributed by atoms with E-state index in [4.69, 9.17) is 16.3 Å². The summed E-state index contributed by atoms with van der Waals surface area (Å²) < 4.78 is 20.3. The Bertz CT molecular complexity index is 615. The van der Waals surface area contributed by atoms with Gasteiger partial charge in [-0.25, -0.2) is 4.39 Å². The zero-order valence-electron chi connectivity index (χ0n) is 11.8. The van der Waals surface area contributed by atoms with Gasteiger partial charge in [-0.1, -0.05) is 39.7 Å². The van der Waals surface area contributed by atoms with Crippen LogP contribution in [0.25, 0.3) is 0 Å². The number of ether oxygens (including phenoxy) is 1. The molecule has 0 saturated carbocycles. The van der Waals surface area contributed by atoms with Crippen LogP contribution in [0.4, 0.5) is 4.39 Å². The molecule has 1 atom stereocenters. The highest BCUT2D eigenvalue weighted by Crippen LogP contribution is 2.32. The van der Waals surface area contributed by atoms with Crippen LogP contribution in [0.3, 0.4) is 0 Å². The van der Waals surface area contributed by atoms with Gasteiger partial charge in [-0.15, -0.1) is 0 Å². The number of rotatable bonds is 5. The monoisotopic (exact) mass is 371 g/mol. The van der Waals surface area contributed by atoms with Crippen LogP contribution in [0.15, 0.2) is 40.9 Å². The molecule has 0 aliphatic carbocycles. The van der Waals surface area contributed by atoms with Gasteiger partial charge in [0.1, 0.15) is 11.6 Å². The number of hydrogen-bond donors (Lipinski definition) is 1. The second kappa shape index (κ2) is 7.25. The van der Waals surface area contributed by atoms with Crippen LogP contribution in [0.2, 0.25) is 5.02 Å². The van der Waals surface area contributed by atoms with Gasteiger partial charge in [0.05, 0.1) is 7.11 Å². The number of methoxy groups -OCH3 is 1. The smallest absolute Gasteiger partial charge is 0.127 e. The lowest BCUT2D eigenvalue weighted by molar-refractivity contribution is 0.400. The number of nitrogens with one attached hydrogen (secondary N) is 1. The van der Waals surface area contributed by atoms with Gasteiger partial charge in [0.2, 0.25) is 0 Å². The van der Waals surface area contributed by atoms with Gasteiger partial charge in [0.15, 0.2) is 0 Å². The molecule has 2 nitrogen and oxygen atoms in total. The lowest BCUT2D eigenvalue weighted by Crippen LogP contribution is -2.20. The molecule has 1 N–H and O–H groups in total. The van der Waals surface area contributed by atoms with Crippen LogP contribution in [0.5, 0.6) is 5.75 Å². The summed E-state index contributed by atoms with van der Waals surface area (Å²) >= 11 is 9.53.